The van der Waals surface area contributed by atoms with E-state index in [2.05, 4.69) is 67.3 Å². The van der Waals surface area contributed by atoms with Crippen LogP contribution in [0.25, 0.3) is 5.69 Å². The number of nitrogens with zero attached hydrogens (tertiary/aromatic N) is 4. The molecular weight excluding hydrogens is 418 g/mol. The Morgan fingerprint density at radius 2 is 1.88 bits per heavy atom. The standard InChI is InChI=1S/C25H25N5OS/c1-28(2)18-10-12-19(13-11-18)29-15-5-9-22(29)24-23(21-8-3-4-14-26-21)27-25(32)30(24)17-20-7-6-16-31-20/h3-16,23-24H,17H2,1-2H3,(H,27,32)/t23-,24+/m0/s1. The highest BCUT2D eigenvalue weighted by Gasteiger charge is 2.41. The first-order valence-electron chi connectivity index (χ1n) is 10.6. The van der Waals surface area contributed by atoms with Crippen LogP contribution in [0.2, 0.25) is 0 Å². The van der Waals surface area contributed by atoms with Crippen LogP contribution in [-0.4, -0.2) is 33.7 Å². The molecule has 0 unspecified atom stereocenters. The fourth-order valence-electron chi connectivity index (χ4n) is 4.25. The molecule has 32 heavy (non-hydrogen) atoms. The van der Waals surface area contributed by atoms with E-state index in [9.17, 15) is 0 Å². The van der Waals surface area contributed by atoms with Gasteiger partial charge in [-0.1, -0.05) is 6.07 Å². The van der Waals surface area contributed by atoms with Gasteiger partial charge in [0.2, 0.25) is 0 Å². The van der Waals surface area contributed by atoms with Crippen molar-refractivity contribution in [1.82, 2.24) is 19.8 Å². The second-order valence-electron chi connectivity index (χ2n) is 8.05. The lowest BCUT2D eigenvalue weighted by atomic mass is 10.0. The van der Waals surface area contributed by atoms with Crippen LogP contribution in [0, 0.1) is 0 Å². The maximum absolute atomic E-state index is 5.78. The van der Waals surface area contributed by atoms with Gasteiger partial charge in [0.1, 0.15) is 5.76 Å². The highest BCUT2D eigenvalue weighted by atomic mass is 32.1. The first-order chi connectivity index (χ1) is 15.6. The van der Waals surface area contributed by atoms with Gasteiger partial charge in [-0.25, -0.2) is 0 Å². The van der Waals surface area contributed by atoms with Crippen LogP contribution in [0.1, 0.15) is 29.2 Å². The summed E-state index contributed by atoms with van der Waals surface area (Å²) in [4.78, 5) is 8.92. The average molecular weight is 444 g/mol. The van der Waals surface area contributed by atoms with Gasteiger partial charge in [0.05, 0.1) is 30.6 Å². The Balaban J connectivity index is 1.57. The van der Waals surface area contributed by atoms with Crippen LogP contribution in [0.15, 0.2) is 89.8 Å². The van der Waals surface area contributed by atoms with E-state index in [1.54, 1.807) is 6.26 Å². The molecule has 4 aromatic rings. The fourth-order valence-corrected chi connectivity index (χ4v) is 4.55. The van der Waals surface area contributed by atoms with Crippen LogP contribution in [0.3, 0.4) is 0 Å². The molecule has 6 nitrogen and oxygen atoms in total. The molecule has 0 spiro atoms. The quantitative estimate of drug-likeness (QED) is 0.436. The lowest BCUT2D eigenvalue weighted by Crippen LogP contribution is -2.29. The number of hydrogen-bond donors (Lipinski definition) is 1. The molecule has 1 N–H and O–H groups in total. The average Bonchev–Trinajstić information content (AvgIpc) is 3.56. The number of pyridine rings is 1. The van der Waals surface area contributed by atoms with Gasteiger partial charge < -0.3 is 24.1 Å². The lowest BCUT2D eigenvalue weighted by Gasteiger charge is -2.28. The Hall–Kier alpha value is -3.58. The molecular formula is C25H25N5OS. The van der Waals surface area contributed by atoms with Gasteiger partial charge in [0.15, 0.2) is 5.11 Å². The summed E-state index contributed by atoms with van der Waals surface area (Å²) in [7, 11) is 4.09. The Bertz CT molecular complexity index is 1180. The van der Waals surface area contributed by atoms with Gasteiger partial charge in [-0.05, 0) is 72.9 Å². The Morgan fingerprint density at radius 1 is 1.03 bits per heavy atom. The molecule has 5 rings (SSSR count). The second kappa shape index (κ2) is 8.51. The van der Waals surface area contributed by atoms with Gasteiger partial charge in [0.25, 0.3) is 0 Å². The fraction of sp³-hybridized carbons (Fsp3) is 0.200. The van der Waals surface area contributed by atoms with Crippen LogP contribution in [0.4, 0.5) is 5.69 Å². The third-order valence-electron chi connectivity index (χ3n) is 5.83. The van der Waals surface area contributed by atoms with Gasteiger partial charge in [-0.2, -0.15) is 0 Å². The van der Waals surface area contributed by atoms with E-state index in [0.717, 1.165) is 28.5 Å². The minimum Gasteiger partial charge on any atom is -0.467 e. The number of thiocarbonyl (C=S) groups is 1. The molecule has 7 heteroatoms. The van der Waals surface area contributed by atoms with E-state index in [1.165, 1.54) is 0 Å². The smallest absolute Gasteiger partial charge is 0.170 e. The Labute approximate surface area is 193 Å². The lowest BCUT2D eigenvalue weighted by molar-refractivity contribution is 0.280. The molecule has 1 aliphatic rings. The van der Waals surface area contributed by atoms with Gasteiger partial charge in [0, 0.05) is 43.6 Å². The first-order valence-corrected chi connectivity index (χ1v) is 11.0. The van der Waals surface area contributed by atoms with E-state index in [-0.39, 0.29) is 12.1 Å². The molecule has 4 heterocycles. The summed E-state index contributed by atoms with van der Waals surface area (Å²) in [5, 5.41) is 4.20. The van der Waals surface area contributed by atoms with Crippen LogP contribution < -0.4 is 10.2 Å². The van der Waals surface area contributed by atoms with Crippen LogP contribution in [-0.2, 0) is 6.54 Å². The van der Waals surface area contributed by atoms with Crippen LogP contribution in [0.5, 0.6) is 0 Å². The van der Waals surface area contributed by atoms with E-state index >= 15 is 0 Å². The third kappa shape index (κ3) is 3.76. The molecule has 2 atom stereocenters. The van der Waals surface area contributed by atoms with Gasteiger partial charge in [-0.3, -0.25) is 4.98 Å². The summed E-state index contributed by atoms with van der Waals surface area (Å²) in [6, 6.07) is 22.5. The molecule has 162 valence electrons. The molecule has 0 radical (unpaired) electrons. The van der Waals surface area contributed by atoms with Crippen molar-refractivity contribution in [3.63, 3.8) is 0 Å². The van der Waals surface area contributed by atoms with Crippen molar-refractivity contribution in [1.29, 1.82) is 0 Å². The Morgan fingerprint density at radius 3 is 2.56 bits per heavy atom. The SMILES string of the molecule is CN(C)c1ccc(-n2cccc2[C@@H]2[C@H](c3ccccn3)NC(=S)N2Cc2ccco2)cc1. The second-order valence-corrected chi connectivity index (χ2v) is 8.43. The zero-order valence-corrected chi connectivity index (χ0v) is 18.9. The van der Waals surface area contributed by atoms with E-state index in [4.69, 9.17) is 16.6 Å². The molecule has 1 aromatic carbocycles. The number of nitrogens with one attached hydrogen (secondary N) is 1. The Kier molecular flexibility index (Phi) is 5.41. The normalized spacial score (nSPS) is 18.1. The first kappa shape index (κ1) is 20.3. The summed E-state index contributed by atoms with van der Waals surface area (Å²) in [6.45, 7) is 0.581. The van der Waals surface area contributed by atoms with Crippen LogP contribution >= 0.6 is 12.2 Å². The molecule has 3 aromatic heterocycles. The van der Waals surface area contributed by atoms with Crippen molar-refractivity contribution in [2.24, 2.45) is 0 Å². The van der Waals surface area contributed by atoms with Gasteiger partial charge in [-0.15, -0.1) is 0 Å². The maximum atomic E-state index is 5.78. The van der Waals surface area contributed by atoms with Crippen molar-refractivity contribution < 1.29 is 4.42 Å². The number of furan rings is 1. The molecule has 1 aliphatic heterocycles. The topological polar surface area (TPSA) is 49.5 Å². The van der Waals surface area contributed by atoms with Crippen molar-refractivity contribution >= 4 is 23.0 Å². The number of hydrogen-bond acceptors (Lipinski definition) is 4. The van der Waals surface area contributed by atoms with E-state index in [1.807, 2.05) is 50.6 Å². The minimum absolute atomic E-state index is 0.0500. The molecule has 0 saturated carbocycles. The monoisotopic (exact) mass is 443 g/mol. The van der Waals surface area contributed by atoms with Crippen molar-refractivity contribution in [3.05, 3.63) is 103 Å². The largest absolute Gasteiger partial charge is 0.467 e. The minimum atomic E-state index is -0.0756. The number of aromatic nitrogens is 2. The molecule has 0 amide bonds. The predicted octanol–water partition coefficient (Wildman–Crippen LogP) is 4.70. The van der Waals surface area contributed by atoms with Crippen molar-refractivity contribution in [3.8, 4) is 5.69 Å². The molecule has 1 fully saturated rings. The zero-order valence-electron chi connectivity index (χ0n) is 18.1. The summed E-state index contributed by atoms with van der Waals surface area (Å²) in [5.74, 6) is 0.870. The number of rotatable bonds is 6. The van der Waals surface area contributed by atoms with Crippen molar-refractivity contribution in [2.75, 3.05) is 19.0 Å². The summed E-state index contributed by atoms with van der Waals surface area (Å²) in [5.41, 5.74) is 4.36. The predicted molar refractivity (Wildman–Crippen MR) is 130 cm³/mol. The highest BCUT2D eigenvalue weighted by molar-refractivity contribution is 7.80. The van der Waals surface area contributed by atoms with Crippen molar-refractivity contribution in [2.45, 2.75) is 18.6 Å². The zero-order chi connectivity index (χ0) is 22.1. The molecule has 0 aliphatic carbocycles. The third-order valence-corrected chi connectivity index (χ3v) is 6.18. The number of anilines is 1. The van der Waals surface area contributed by atoms with E-state index in [0.29, 0.717) is 11.7 Å². The van der Waals surface area contributed by atoms with E-state index < -0.39 is 0 Å². The number of benzene rings is 1. The maximum Gasteiger partial charge on any atom is 0.170 e. The highest BCUT2D eigenvalue weighted by Crippen LogP contribution is 2.40. The molecule has 1 saturated heterocycles. The molecule has 0 bridgehead atoms. The summed E-state index contributed by atoms with van der Waals surface area (Å²) in [6.07, 6.45) is 5.62. The summed E-state index contributed by atoms with van der Waals surface area (Å²) >= 11 is 5.78. The summed E-state index contributed by atoms with van der Waals surface area (Å²) < 4.78 is 7.87. The van der Waals surface area contributed by atoms with Gasteiger partial charge >= 0.3 is 0 Å².